The molecule has 0 spiro atoms. The third-order valence-corrected chi connectivity index (χ3v) is 5.87. The van der Waals surface area contributed by atoms with E-state index in [-0.39, 0.29) is 41.8 Å². The number of hydrogen-bond donors (Lipinski definition) is 3. The Morgan fingerprint density at radius 2 is 2.16 bits per heavy atom. The Morgan fingerprint density at radius 3 is 2.88 bits per heavy atom. The molecule has 2 aromatic rings. The van der Waals surface area contributed by atoms with Gasteiger partial charge in [-0.05, 0) is 37.0 Å². The summed E-state index contributed by atoms with van der Waals surface area (Å²) in [4.78, 5) is 21.1. The van der Waals surface area contributed by atoms with Crippen LogP contribution in [0.4, 0.5) is 5.69 Å². The molecule has 32 heavy (non-hydrogen) atoms. The summed E-state index contributed by atoms with van der Waals surface area (Å²) < 4.78 is 7.09. The monoisotopic (exact) mass is 553 g/mol. The number of carbonyl (C=O) groups excluding carboxylic acids is 1. The van der Waals surface area contributed by atoms with Crippen molar-refractivity contribution in [2.24, 2.45) is 10.9 Å². The number of benzene rings is 1. The molecule has 1 aromatic carbocycles. The number of hydrogen-bond acceptors (Lipinski definition) is 5. The molecule has 1 aliphatic heterocycles. The van der Waals surface area contributed by atoms with Gasteiger partial charge in [0.15, 0.2) is 11.8 Å². The number of halogens is 1. The Balaban J connectivity index is 0.00000289. The molecule has 0 radical (unpaired) electrons. The highest BCUT2D eigenvalue weighted by molar-refractivity contribution is 14.0. The van der Waals surface area contributed by atoms with Crippen molar-refractivity contribution in [3.05, 3.63) is 41.5 Å². The van der Waals surface area contributed by atoms with Gasteiger partial charge in [0.1, 0.15) is 12.4 Å². The van der Waals surface area contributed by atoms with Gasteiger partial charge in [-0.2, -0.15) is 5.10 Å². The first kappa shape index (κ1) is 24.4. The molecule has 0 bridgehead atoms. The second kappa shape index (κ2) is 11.6. The smallest absolute Gasteiger partial charge is 0.227 e. The Bertz CT molecular complexity index is 942. The van der Waals surface area contributed by atoms with Gasteiger partial charge >= 0.3 is 0 Å². The van der Waals surface area contributed by atoms with Crippen LogP contribution >= 0.6 is 24.0 Å². The molecule has 1 aromatic heterocycles. The van der Waals surface area contributed by atoms with Gasteiger partial charge in [-0.3, -0.25) is 9.79 Å². The number of anilines is 1. The Hall–Kier alpha value is -2.21. The number of nitrogens with zero attached hydrogens (tertiary/aromatic N) is 4. The van der Waals surface area contributed by atoms with Crippen molar-refractivity contribution >= 4 is 41.5 Å². The van der Waals surface area contributed by atoms with Crippen molar-refractivity contribution in [3.8, 4) is 0 Å². The molecule has 1 saturated carbocycles. The van der Waals surface area contributed by atoms with Crippen molar-refractivity contribution < 1.29 is 9.53 Å². The normalized spacial score (nSPS) is 18.2. The summed E-state index contributed by atoms with van der Waals surface area (Å²) in [6.45, 7) is 1.79. The number of rotatable bonds is 7. The van der Waals surface area contributed by atoms with Crippen molar-refractivity contribution in [2.75, 3.05) is 19.5 Å². The fourth-order valence-corrected chi connectivity index (χ4v) is 3.92. The van der Waals surface area contributed by atoms with E-state index in [9.17, 15) is 4.79 Å². The zero-order chi connectivity index (χ0) is 21.6. The molecule has 2 aliphatic rings. The fraction of sp³-hybridized carbons (Fsp3) is 0.545. The number of methoxy groups -OCH3 is 1. The van der Waals surface area contributed by atoms with Gasteiger partial charge < -0.3 is 20.7 Å². The molecule has 4 rings (SSSR count). The summed E-state index contributed by atoms with van der Waals surface area (Å²) in [7, 11) is 3.42. The third-order valence-electron chi connectivity index (χ3n) is 5.87. The molecule has 1 aliphatic carbocycles. The maximum absolute atomic E-state index is 12.2. The van der Waals surface area contributed by atoms with Gasteiger partial charge in [0, 0.05) is 44.8 Å². The summed E-state index contributed by atoms with van der Waals surface area (Å²) in [5.41, 5.74) is 1.93. The highest BCUT2D eigenvalue weighted by Gasteiger charge is 2.25. The third kappa shape index (κ3) is 6.18. The first-order chi connectivity index (χ1) is 15.1. The van der Waals surface area contributed by atoms with Crippen LogP contribution < -0.4 is 16.0 Å². The van der Waals surface area contributed by atoms with Gasteiger partial charge in [-0.25, -0.2) is 9.67 Å². The maximum Gasteiger partial charge on any atom is 0.227 e. The highest BCUT2D eigenvalue weighted by Crippen LogP contribution is 2.27. The van der Waals surface area contributed by atoms with Crippen molar-refractivity contribution in [2.45, 2.75) is 57.8 Å². The van der Waals surface area contributed by atoms with Crippen LogP contribution in [0.2, 0.25) is 0 Å². The lowest BCUT2D eigenvalue weighted by Crippen LogP contribution is -2.46. The van der Waals surface area contributed by atoms with E-state index in [0.717, 1.165) is 67.5 Å². The SMILES string of the molecule is CN=C(NCc1cccc(NC(=O)C2CCC2)c1)NC1CCc2nc(COC)nn2C1.I. The van der Waals surface area contributed by atoms with Gasteiger partial charge in [0.2, 0.25) is 5.91 Å². The van der Waals surface area contributed by atoms with Crippen LogP contribution in [-0.4, -0.2) is 46.8 Å². The van der Waals surface area contributed by atoms with Crippen molar-refractivity contribution in [1.29, 1.82) is 0 Å². The minimum Gasteiger partial charge on any atom is -0.377 e. The second-order valence-corrected chi connectivity index (χ2v) is 8.18. The number of fused-ring (bicyclic) bond motifs is 1. The van der Waals surface area contributed by atoms with Crippen molar-refractivity contribution in [3.63, 3.8) is 0 Å². The summed E-state index contributed by atoms with van der Waals surface area (Å²) in [5.74, 6) is 2.79. The summed E-state index contributed by atoms with van der Waals surface area (Å²) in [6, 6.07) is 8.18. The molecule has 10 heteroatoms. The van der Waals surface area contributed by atoms with E-state index in [2.05, 4.69) is 31.0 Å². The number of ether oxygens (including phenoxy) is 1. The van der Waals surface area contributed by atoms with Gasteiger partial charge in [-0.1, -0.05) is 18.6 Å². The molecule has 174 valence electrons. The van der Waals surface area contributed by atoms with Crippen LogP contribution in [0.5, 0.6) is 0 Å². The number of aliphatic imine (C=N–C) groups is 1. The van der Waals surface area contributed by atoms with Crippen LogP contribution in [0.3, 0.4) is 0 Å². The topological polar surface area (TPSA) is 105 Å². The Kier molecular flexibility index (Phi) is 8.85. The van der Waals surface area contributed by atoms with Gasteiger partial charge in [0.25, 0.3) is 0 Å². The lowest BCUT2D eigenvalue weighted by atomic mass is 9.85. The van der Waals surface area contributed by atoms with E-state index < -0.39 is 0 Å². The number of aryl methyl sites for hydroxylation is 1. The summed E-state index contributed by atoms with van der Waals surface area (Å²) in [5, 5.41) is 14.4. The summed E-state index contributed by atoms with van der Waals surface area (Å²) in [6.07, 6.45) is 4.99. The van der Waals surface area contributed by atoms with Crippen molar-refractivity contribution in [1.82, 2.24) is 25.4 Å². The van der Waals surface area contributed by atoms with E-state index in [1.54, 1.807) is 14.2 Å². The standard InChI is InChI=1S/C22H31N7O2.HI/c1-23-22(26-18-9-10-20-27-19(14-31-2)28-29(20)13-18)24-12-15-5-3-8-17(11-15)25-21(30)16-6-4-7-16;/h3,5,8,11,16,18H,4,6-7,9-10,12-14H2,1-2H3,(H,25,30)(H2,23,24,26);1H. The first-order valence-corrected chi connectivity index (χ1v) is 10.9. The minimum absolute atomic E-state index is 0. The largest absolute Gasteiger partial charge is 0.377 e. The van der Waals surface area contributed by atoms with E-state index in [4.69, 9.17) is 4.74 Å². The molecule has 1 fully saturated rings. The van der Waals surface area contributed by atoms with Gasteiger partial charge in [0.05, 0.1) is 6.54 Å². The molecule has 1 atom stereocenters. The molecule has 1 amide bonds. The zero-order valence-electron chi connectivity index (χ0n) is 18.6. The number of amides is 1. The minimum atomic E-state index is 0. The number of carbonyl (C=O) groups is 1. The average molecular weight is 553 g/mol. The molecule has 1 unspecified atom stereocenters. The molecular formula is C22H32IN7O2. The Labute approximate surface area is 205 Å². The molecule has 0 saturated heterocycles. The van der Waals surface area contributed by atoms with Crippen LogP contribution in [-0.2, 0) is 35.6 Å². The number of aromatic nitrogens is 3. The fourth-order valence-electron chi connectivity index (χ4n) is 3.92. The van der Waals surface area contributed by atoms with Crippen LogP contribution in [0.15, 0.2) is 29.3 Å². The van der Waals surface area contributed by atoms with E-state index in [0.29, 0.717) is 13.2 Å². The molecular weight excluding hydrogens is 521 g/mol. The first-order valence-electron chi connectivity index (χ1n) is 10.9. The van der Waals surface area contributed by atoms with E-state index in [1.807, 2.05) is 28.9 Å². The predicted molar refractivity (Wildman–Crippen MR) is 134 cm³/mol. The zero-order valence-corrected chi connectivity index (χ0v) is 21.0. The number of nitrogens with one attached hydrogen (secondary N) is 3. The summed E-state index contributed by atoms with van der Waals surface area (Å²) >= 11 is 0. The van der Waals surface area contributed by atoms with Crippen LogP contribution in [0.25, 0.3) is 0 Å². The van der Waals surface area contributed by atoms with E-state index >= 15 is 0 Å². The number of guanidine groups is 1. The lowest BCUT2D eigenvalue weighted by molar-refractivity contribution is -0.122. The van der Waals surface area contributed by atoms with Gasteiger partial charge in [-0.15, -0.1) is 24.0 Å². The van der Waals surface area contributed by atoms with Crippen LogP contribution in [0.1, 0.15) is 42.9 Å². The van der Waals surface area contributed by atoms with Crippen LogP contribution in [0, 0.1) is 5.92 Å². The molecule has 3 N–H and O–H groups in total. The van der Waals surface area contributed by atoms with E-state index in [1.165, 1.54) is 0 Å². The second-order valence-electron chi connectivity index (χ2n) is 8.18. The molecule has 9 nitrogen and oxygen atoms in total. The predicted octanol–water partition coefficient (Wildman–Crippen LogP) is 2.46. The Morgan fingerprint density at radius 1 is 1.31 bits per heavy atom. The highest BCUT2D eigenvalue weighted by atomic mass is 127. The average Bonchev–Trinajstić information content (AvgIpc) is 3.12. The quantitative estimate of drug-likeness (QED) is 0.277. The lowest BCUT2D eigenvalue weighted by Gasteiger charge is -2.25. The molecule has 2 heterocycles. The maximum atomic E-state index is 12.2.